The van der Waals surface area contributed by atoms with Crippen molar-refractivity contribution in [1.82, 2.24) is 4.90 Å². The first kappa shape index (κ1) is 16.6. The van der Waals surface area contributed by atoms with Crippen LogP contribution in [0.1, 0.15) is 25.8 Å². The summed E-state index contributed by atoms with van der Waals surface area (Å²) in [5, 5.41) is 3.04. The predicted octanol–water partition coefficient (Wildman–Crippen LogP) is 3.09. The molecule has 1 aromatic rings. The molecule has 0 aliphatic carbocycles. The topological polar surface area (TPSA) is 44.8 Å². The summed E-state index contributed by atoms with van der Waals surface area (Å²) in [6, 6.07) is 5.91. The van der Waals surface area contributed by atoms with Gasteiger partial charge in [-0.3, -0.25) is 0 Å². The highest BCUT2D eigenvalue weighted by atomic mass is 16.5. The van der Waals surface area contributed by atoms with Gasteiger partial charge < -0.3 is 19.9 Å². The molecule has 2 amide bonds. The van der Waals surface area contributed by atoms with Crippen molar-refractivity contribution in [3.8, 4) is 0 Å². The van der Waals surface area contributed by atoms with Gasteiger partial charge in [0, 0.05) is 32.0 Å². The minimum atomic E-state index is -0.240. The van der Waals surface area contributed by atoms with E-state index in [0.717, 1.165) is 23.4 Å². The molecule has 1 fully saturated rings. The summed E-state index contributed by atoms with van der Waals surface area (Å²) < 4.78 is 5.79. The number of ether oxygens (including phenoxy) is 1. The van der Waals surface area contributed by atoms with Crippen molar-refractivity contribution in [3.05, 3.63) is 23.8 Å². The third-order valence-corrected chi connectivity index (χ3v) is 4.40. The van der Waals surface area contributed by atoms with Crippen LogP contribution in [0.15, 0.2) is 18.2 Å². The van der Waals surface area contributed by atoms with E-state index in [9.17, 15) is 4.79 Å². The summed E-state index contributed by atoms with van der Waals surface area (Å²) in [4.78, 5) is 16.4. The summed E-state index contributed by atoms with van der Waals surface area (Å²) >= 11 is 0. The van der Waals surface area contributed by atoms with E-state index in [0.29, 0.717) is 19.7 Å². The Morgan fingerprint density at radius 2 is 2.18 bits per heavy atom. The molecule has 1 aromatic carbocycles. The standard InChI is InChI=1S/C17H27N3O2/c1-6-17(3)12-20(10-11-22-17)16(21)18-14-8-7-9-15(13(14)2)19(4)5/h7-9H,6,10-12H2,1-5H3,(H,18,21). The second-order valence-electron chi connectivity index (χ2n) is 6.35. The number of rotatable bonds is 3. The van der Waals surface area contributed by atoms with Crippen LogP contribution < -0.4 is 10.2 Å². The van der Waals surface area contributed by atoms with Gasteiger partial charge >= 0.3 is 6.03 Å². The molecule has 5 heteroatoms. The Kier molecular flexibility index (Phi) is 4.96. The fourth-order valence-electron chi connectivity index (χ4n) is 2.76. The van der Waals surface area contributed by atoms with Crippen LogP contribution >= 0.6 is 0 Å². The lowest BCUT2D eigenvalue weighted by Crippen LogP contribution is -2.53. The van der Waals surface area contributed by atoms with Gasteiger partial charge in [-0.1, -0.05) is 13.0 Å². The maximum Gasteiger partial charge on any atom is 0.322 e. The zero-order valence-electron chi connectivity index (χ0n) is 14.3. The molecule has 0 spiro atoms. The third-order valence-electron chi connectivity index (χ3n) is 4.40. The van der Waals surface area contributed by atoms with Crippen molar-refractivity contribution in [3.63, 3.8) is 0 Å². The second-order valence-corrected chi connectivity index (χ2v) is 6.35. The van der Waals surface area contributed by atoms with E-state index in [1.807, 2.05) is 49.0 Å². The smallest absolute Gasteiger partial charge is 0.322 e. The number of carbonyl (C=O) groups is 1. The van der Waals surface area contributed by atoms with E-state index in [1.54, 1.807) is 0 Å². The molecule has 1 unspecified atom stereocenters. The van der Waals surface area contributed by atoms with E-state index in [1.165, 1.54) is 0 Å². The Morgan fingerprint density at radius 1 is 1.45 bits per heavy atom. The second kappa shape index (κ2) is 6.57. The van der Waals surface area contributed by atoms with E-state index >= 15 is 0 Å². The van der Waals surface area contributed by atoms with E-state index in [-0.39, 0.29) is 11.6 Å². The van der Waals surface area contributed by atoms with E-state index in [2.05, 4.69) is 19.2 Å². The van der Waals surface area contributed by atoms with Gasteiger partial charge in [-0.15, -0.1) is 0 Å². The lowest BCUT2D eigenvalue weighted by atomic mass is 10.0. The molecule has 0 bridgehead atoms. The maximum absolute atomic E-state index is 12.6. The number of nitrogens with zero attached hydrogens (tertiary/aromatic N) is 2. The number of hydrogen-bond acceptors (Lipinski definition) is 3. The molecule has 122 valence electrons. The van der Waals surface area contributed by atoms with Gasteiger partial charge in [0.25, 0.3) is 0 Å². The first-order chi connectivity index (χ1) is 10.4. The number of carbonyl (C=O) groups excluding carboxylic acids is 1. The van der Waals surface area contributed by atoms with Crippen molar-refractivity contribution < 1.29 is 9.53 Å². The van der Waals surface area contributed by atoms with Crippen molar-refractivity contribution in [1.29, 1.82) is 0 Å². The van der Waals surface area contributed by atoms with E-state index < -0.39 is 0 Å². The van der Waals surface area contributed by atoms with Gasteiger partial charge in [0.15, 0.2) is 0 Å². The summed E-state index contributed by atoms with van der Waals surface area (Å²) in [5.74, 6) is 0. The SMILES string of the molecule is CCC1(C)CN(C(=O)Nc2cccc(N(C)C)c2C)CCO1. The van der Waals surface area contributed by atoms with Crippen molar-refractivity contribution in [2.24, 2.45) is 0 Å². The minimum Gasteiger partial charge on any atom is -0.377 e. The Bertz CT molecular complexity index is 545. The Hall–Kier alpha value is -1.75. The fraction of sp³-hybridized carbons (Fsp3) is 0.588. The molecule has 2 rings (SSSR count). The van der Waals surface area contributed by atoms with Crippen LogP contribution in [0.4, 0.5) is 16.2 Å². The molecule has 1 heterocycles. The molecule has 1 saturated heterocycles. The minimum absolute atomic E-state index is 0.0537. The molecular formula is C17H27N3O2. The predicted molar refractivity (Wildman–Crippen MR) is 90.7 cm³/mol. The maximum atomic E-state index is 12.6. The van der Waals surface area contributed by atoms with Crippen molar-refractivity contribution >= 4 is 17.4 Å². The largest absolute Gasteiger partial charge is 0.377 e. The molecule has 1 atom stereocenters. The summed E-state index contributed by atoms with van der Waals surface area (Å²) in [7, 11) is 4.01. The third kappa shape index (κ3) is 3.53. The van der Waals surface area contributed by atoms with Gasteiger partial charge in [0.05, 0.1) is 18.8 Å². The summed E-state index contributed by atoms with van der Waals surface area (Å²) in [6.07, 6.45) is 0.895. The van der Waals surface area contributed by atoms with Gasteiger partial charge in [0.2, 0.25) is 0 Å². The molecule has 22 heavy (non-hydrogen) atoms. The van der Waals surface area contributed by atoms with Crippen molar-refractivity contribution in [2.75, 3.05) is 44.0 Å². The average molecular weight is 305 g/mol. The zero-order valence-corrected chi connectivity index (χ0v) is 14.3. The molecule has 0 radical (unpaired) electrons. The monoisotopic (exact) mass is 305 g/mol. The number of benzene rings is 1. The van der Waals surface area contributed by atoms with Crippen LogP contribution in [0.25, 0.3) is 0 Å². The fourth-order valence-corrected chi connectivity index (χ4v) is 2.76. The molecule has 1 N–H and O–H groups in total. The normalized spacial score (nSPS) is 21.6. The Labute approximate surface area is 133 Å². The van der Waals surface area contributed by atoms with Gasteiger partial charge in [-0.2, -0.15) is 0 Å². The number of morpholine rings is 1. The number of amides is 2. The van der Waals surface area contributed by atoms with E-state index in [4.69, 9.17) is 4.74 Å². The highest BCUT2D eigenvalue weighted by Gasteiger charge is 2.32. The summed E-state index contributed by atoms with van der Waals surface area (Å²) in [6.45, 7) is 8.03. The first-order valence-electron chi connectivity index (χ1n) is 7.83. The molecule has 1 aliphatic heterocycles. The van der Waals surface area contributed by atoms with Crippen LogP contribution in [0, 0.1) is 6.92 Å². The first-order valence-corrected chi connectivity index (χ1v) is 7.83. The number of urea groups is 1. The van der Waals surface area contributed by atoms with Crippen LogP contribution in [0.2, 0.25) is 0 Å². The van der Waals surface area contributed by atoms with Crippen LogP contribution in [0.3, 0.4) is 0 Å². The zero-order chi connectivity index (χ0) is 16.3. The molecule has 0 aromatic heterocycles. The molecule has 5 nitrogen and oxygen atoms in total. The van der Waals surface area contributed by atoms with Crippen LogP contribution in [-0.4, -0.2) is 50.3 Å². The quantitative estimate of drug-likeness (QED) is 0.933. The number of nitrogens with one attached hydrogen (secondary N) is 1. The highest BCUT2D eigenvalue weighted by molar-refractivity contribution is 5.91. The van der Waals surface area contributed by atoms with Crippen molar-refractivity contribution in [2.45, 2.75) is 32.8 Å². The summed E-state index contributed by atoms with van der Waals surface area (Å²) in [5.41, 5.74) is 2.81. The number of anilines is 2. The van der Waals surface area contributed by atoms with Gasteiger partial charge in [-0.05, 0) is 38.0 Å². The molecule has 1 aliphatic rings. The Morgan fingerprint density at radius 3 is 2.82 bits per heavy atom. The lowest BCUT2D eigenvalue weighted by Gasteiger charge is -2.40. The molecular weight excluding hydrogens is 278 g/mol. The van der Waals surface area contributed by atoms with Crippen LogP contribution in [-0.2, 0) is 4.74 Å². The average Bonchev–Trinajstić information content (AvgIpc) is 2.49. The molecule has 0 saturated carbocycles. The highest BCUT2D eigenvalue weighted by Crippen LogP contribution is 2.26. The van der Waals surface area contributed by atoms with Crippen LogP contribution in [0.5, 0.6) is 0 Å². The van der Waals surface area contributed by atoms with Gasteiger partial charge in [0.1, 0.15) is 0 Å². The van der Waals surface area contributed by atoms with Gasteiger partial charge in [-0.25, -0.2) is 4.79 Å². The Balaban J connectivity index is 2.11. The lowest BCUT2D eigenvalue weighted by molar-refractivity contribution is -0.0860. The number of hydrogen-bond donors (Lipinski definition) is 1.